The highest BCUT2D eigenvalue weighted by Gasteiger charge is 2.55. The Balaban J connectivity index is 1.28. The molecule has 0 bridgehead atoms. The number of aryl methyl sites for hydroxylation is 1. The van der Waals surface area contributed by atoms with Crippen molar-refractivity contribution < 1.29 is 46.1 Å². The van der Waals surface area contributed by atoms with E-state index in [9.17, 15) is 27.6 Å². The fraction of sp³-hybridized carbons (Fsp3) is 0.250. The molecule has 3 aromatic carbocycles. The number of oxime groups is 1. The van der Waals surface area contributed by atoms with Gasteiger partial charge in [-0.05, 0) is 62.6 Å². The lowest BCUT2D eigenvalue weighted by atomic mass is 10.0. The average molecular weight is 846 g/mol. The van der Waals surface area contributed by atoms with E-state index in [1.54, 1.807) is 81.4 Å². The van der Waals surface area contributed by atoms with Gasteiger partial charge in [0.15, 0.2) is 16.9 Å². The predicted molar refractivity (Wildman–Crippen MR) is 216 cm³/mol. The van der Waals surface area contributed by atoms with Gasteiger partial charge in [0.25, 0.3) is 11.8 Å². The number of benzene rings is 3. The molecule has 2 atom stereocenters. The zero-order valence-electron chi connectivity index (χ0n) is 31.7. The maximum Gasteiger partial charge on any atom is 0.356 e. The second-order valence-electron chi connectivity index (χ2n) is 13.9. The maximum absolute atomic E-state index is 14.3. The number of esters is 2. The number of nitrogens with two attached hydrogens (primary N) is 1. The van der Waals surface area contributed by atoms with Gasteiger partial charge in [-0.25, -0.2) is 14.6 Å². The Morgan fingerprint density at radius 3 is 2.24 bits per heavy atom. The molecule has 4 aromatic rings. The van der Waals surface area contributed by atoms with Crippen LogP contribution in [0.3, 0.4) is 0 Å². The molecule has 302 valence electrons. The summed E-state index contributed by atoms with van der Waals surface area (Å²) >= 11 is 2.24. The lowest BCUT2D eigenvalue weighted by molar-refractivity contribution is -0.160. The fourth-order valence-electron chi connectivity index (χ4n) is 5.78. The molecule has 58 heavy (non-hydrogen) atoms. The third kappa shape index (κ3) is 9.93. The van der Waals surface area contributed by atoms with Crippen molar-refractivity contribution in [2.75, 3.05) is 18.1 Å². The number of anilines is 1. The molecule has 1 aromatic heterocycles. The number of thioether (sulfide) groups is 1. The molecule has 2 aliphatic heterocycles. The monoisotopic (exact) mass is 845 g/mol. The van der Waals surface area contributed by atoms with E-state index in [1.165, 1.54) is 40.3 Å². The minimum absolute atomic E-state index is 0.0363. The molecule has 1 unspecified atom stereocenters. The van der Waals surface area contributed by atoms with Crippen LogP contribution < -0.4 is 11.1 Å². The van der Waals surface area contributed by atoms with Crippen LogP contribution in [-0.2, 0) is 47.8 Å². The SMILES string of the molecule is Cc1ccc(S(=O)(=O)OC=CC2=C(C(=O)OC(c3ccccc3)c3ccccc3)N3C(=O)C(NC(=O)C(=NOCC(=O)OC(C)(C)C)c4csc(N)n4)[C@H]3SC2)cc1. The number of hydrogen-bond donors (Lipinski definition) is 2. The minimum atomic E-state index is -4.22. The first-order chi connectivity index (χ1) is 27.6. The largest absolute Gasteiger partial charge is 0.457 e. The highest BCUT2D eigenvalue weighted by Crippen LogP contribution is 2.42. The van der Waals surface area contributed by atoms with Gasteiger partial charge in [0.05, 0.1) is 0 Å². The lowest BCUT2D eigenvalue weighted by Crippen LogP contribution is -2.71. The summed E-state index contributed by atoms with van der Waals surface area (Å²) in [5, 5.41) is 7.29. The molecule has 2 amide bonds. The molecular formula is C40H39N5O10S3. The van der Waals surface area contributed by atoms with Crippen LogP contribution in [0, 0.1) is 6.92 Å². The summed E-state index contributed by atoms with van der Waals surface area (Å²) in [6.45, 7) is 6.25. The molecule has 6 rings (SSSR count). The number of hydrogen-bond acceptors (Lipinski definition) is 15. The predicted octanol–water partition coefficient (Wildman–Crippen LogP) is 5.00. The Kier molecular flexibility index (Phi) is 12.7. The number of nitrogen functional groups attached to an aromatic ring is 1. The van der Waals surface area contributed by atoms with Crippen LogP contribution in [0.25, 0.3) is 0 Å². The smallest absolute Gasteiger partial charge is 0.356 e. The Hall–Kier alpha value is -5.98. The summed E-state index contributed by atoms with van der Waals surface area (Å²) in [4.78, 5) is 64.7. The number of carbonyl (C=O) groups is 4. The second kappa shape index (κ2) is 17.7. The van der Waals surface area contributed by atoms with Crippen LogP contribution in [0.4, 0.5) is 5.13 Å². The van der Waals surface area contributed by atoms with Gasteiger partial charge in [0, 0.05) is 11.1 Å². The summed E-state index contributed by atoms with van der Waals surface area (Å²) in [6, 6.07) is 23.0. The van der Waals surface area contributed by atoms with Crippen molar-refractivity contribution >= 4 is 67.8 Å². The number of allylic oxidation sites excluding steroid dienone is 1. The summed E-state index contributed by atoms with van der Waals surface area (Å²) in [6.07, 6.45) is 1.36. The van der Waals surface area contributed by atoms with Gasteiger partial charge in [-0.2, -0.15) is 8.42 Å². The third-order valence-electron chi connectivity index (χ3n) is 8.41. The first-order valence-corrected chi connectivity index (χ1v) is 21.0. The zero-order valence-corrected chi connectivity index (χ0v) is 34.1. The lowest BCUT2D eigenvalue weighted by Gasteiger charge is -2.49. The Bertz CT molecular complexity index is 2340. The van der Waals surface area contributed by atoms with E-state index in [0.717, 1.165) is 23.2 Å². The van der Waals surface area contributed by atoms with Crippen LogP contribution in [0.1, 0.15) is 49.3 Å². The van der Waals surface area contributed by atoms with Crippen molar-refractivity contribution in [2.45, 2.75) is 55.7 Å². The fourth-order valence-corrected chi connectivity index (χ4v) is 8.43. The molecule has 3 heterocycles. The van der Waals surface area contributed by atoms with Gasteiger partial charge in [-0.15, -0.1) is 23.1 Å². The molecule has 1 saturated heterocycles. The number of carbonyl (C=O) groups excluding carboxylic acids is 4. The Morgan fingerprint density at radius 2 is 1.66 bits per heavy atom. The first kappa shape index (κ1) is 41.6. The molecule has 0 aliphatic carbocycles. The molecule has 1 fully saturated rings. The van der Waals surface area contributed by atoms with E-state index in [2.05, 4.69) is 15.5 Å². The molecule has 0 radical (unpaired) electrons. The van der Waals surface area contributed by atoms with E-state index in [4.69, 9.17) is 24.2 Å². The van der Waals surface area contributed by atoms with Crippen molar-refractivity contribution in [1.82, 2.24) is 15.2 Å². The number of rotatable bonds is 14. The third-order valence-corrected chi connectivity index (χ3v) is 11.6. The number of nitrogens with zero attached hydrogens (tertiary/aromatic N) is 3. The van der Waals surface area contributed by atoms with Crippen LogP contribution in [0.15, 0.2) is 124 Å². The van der Waals surface area contributed by atoms with E-state index in [1.807, 2.05) is 19.1 Å². The molecule has 0 saturated carbocycles. The van der Waals surface area contributed by atoms with Crippen LogP contribution in [0.2, 0.25) is 0 Å². The average Bonchev–Trinajstić information content (AvgIpc) is 3.62. The second-order valence-corrected chi connectivity index (χ2v) is 17.4. The Morgan fingerprint density at radius 1 is 1.02 bits per heavy atom. The summed E-state index contributed by atoms with van der Waals surface area (Å²) in [7, 11) is -4.22. The highest BCUT2D eigenvalue weighted by atomic mass is 32.2. The summed E-state index contributed by atoms with van der Waals surface area (Å²) in [5.41, 5.74) is 6.97. The quantitative estimate of drug-likeness (QED) is 0.0429. The van der Waals surface area contributed by atoms with Crippen molar-refractivity contribution in [3.63, 3.8) is 0 Å². The molecular weight excluding hydrogens is 807 g/mol. The molecule has 0 spiro atoms. The number of fused-ring (bicyclic) bond motifs is 1. The van der Waals surface area contributed by atoms with Crippen molar-refractivity contribution in [3.05, 3.63) is 136 Å². The summed E-state index contributed by atoms with van der Waals surface area (Å²) in [5.74, 6) is -3.06. The molecule has 2 aliphatic rings. The number of thiazole rings is 1. The van der Waals surface area contributed by atoms with E-state index in [0.29, 0.717) is 11.1 Å². The number of aromatic nitrogens is 1. The highest BCUT2D eigenvalue weighted by molar-refractivity contribution is 8.00. The molecule has 3 N–H and O–H groups in total. The minimum Gasteiger partial charge on any atom is -0.457 e. The van der Waals surface area contributed by atoms with E-state index >= 15 is 0 Å². The number of β-lactam (4-membered cyclic amide) rings is 1. The topological polar surface area (TPSA) is 206 Å². The first-order valence-electron chi connectivity index (χ1n) is 17.7. The molecule has 18 heteroatoms. The van der Waals surface area contributed by atoms with Gasteiger partial charge in [-0.1, -0.05) is 83.5 Å². The number of nitrogens with one attached hydrogen (secondary N) is 1. The van der Waals surface area contributed by atoms with Crippen molar-refractivity contribution in [1.29, 1.82) is 0 Å². The number of amides is 2. The van der Waals surface area contributed by atoms with E-state index in [-0.39, 0.29) is 38.5 Å². The van der Waals surface area contributed by atoms with Gasteiger partial charge >= 0.3 is 22.1 Å². The van der Waals surface area contributed by atoms with Gasteiger partial charge in [-0.3, -0.25) is 14.5 Å². The van der Waals surface area contributed by atoms with Gasteiger partial charge < -0.3 is 29.5 Å². The molecule has 15 nitrogen and oxygen atoms in total. The van der Waals surface area contributed by atoms with Crippen LogP contribution in [-0.4, -0.2) is 77.1 Å². The standard InChI is InChI=1S/C40H39N5O10S3/c1-24-15-17-28(18-16-24)58(50,51)53-20-19-27-22-56-37-32(43-35(47)31(29-23-57-39(41)42-29)44-52-21-30(46)55-40(2,3)4)36(48)45(37)33(27)38(49)54-34(25-11-7-5-8-12-25)26-13-9-6-10-14-26/h5-20,23,32,34,37H,21-22H2,1-4H3,(H2,41,42)(H,43,47)/t32?,37-/m1/s1. The van der Waals surface area contributed by atoms with Crippen LogP contribution in [0.5, 0.6) is 0 Å². The van der Waals surface area contributed by atoms with Gasteiger partial charge in [0.1, 0.15) is 39.6 Å². The number of ether oxygens (including phenoxy) is 2. The normalized spacial score (nSPS) is 17.1. The maximum atomic E-state index is 14.3. The van der Waals surface area contributed by atoms with Crippen molar-refractivity contribution in [2.24, 2.45) is 5.16 Å². The summed E-state index contributed by atoms with van der Waals surface area (Å²) < 4.78 is 42.5. The zero-order chi connectivity index (χ0) is 41.6. The Labute approximate surface area is 343 Å². The van der Waals surface area contributed by atoms with Crippen LogP contribution >= 0.6 is 23.1 Å². The van der Waals surface area contributed by atoms with Gasteiger partial charge in [0.2, 0.25) is 6.61 Å². The van der Waals surface area contributed by atoms with Crippen molar-refractivity contribution in [3.8, 4) is 0 Å². The van der Waals surface area contributed by atoms with E-state index < -0.39 is 63.6 Å².